The van der Waals surface area contributed by atoms with Crippen molar-refractivity contribution in [2.24, 2.45) is 5.73 Å². The molecule has 22 heavy (non-hydrogen) atoms. The Bertz CT molecular complexity index is 743. The number of nitrogens with one attached hydrogen (secondary N) is 1. The molecule has 0 spiro atoms. The molecule has 1 aromatic carbocycles. The molecule has 1 unspecified atom stereocenters. The lowest BCUT2D eigenvalue weighted by Gasteiger charge is -2.11. The van der Waals surface area contributed by atoms with Crippen molar-refractivity contribution in [1.82, 2.24) is 10.3 Å². The predicted molar refractivity (Wildman–Crippen MR) is 86.7 cm³/mol. The number of para-hydroxylation sites is 1. The summed E-state index contributed by atoms with van der Waals surface area (Å²) >= 11 is 1.27. The molecule has 0 radical (unpaired) electrons. The molecule has 5 nitrogen and oxygen atoms in total. The summed E-state index contributed by atoms with van der Waals surface area (Å²) in [6, 6.07) is 9.54. The third-order valence-electron chi connectivity index (χ3n) is 3.55. The molecule has 1 aromatic heterocycles. The van der Waals surface area contributed by atoms with Crippen molar-refractivity contribution in [3.05, 3.63) is 35.9 Å². The molecular formula is C16H17N3O2S. The van der Waals surface area contributed by atoms with Crippen LogP contribution >= 0.6 is 11.8 Å². The van der Waals surface area contributed by atoms with Crippen LogP contribution in [-0.4, -0.2) is 28.1 Å². The molecule has 1 fully saturated rings. The number of aromatic nitrogens is 1. The number of hydrogen-bond donors (Lipinski definition) is 2. The minimum absolute atomic E-state index is 0.0883. The fourth-order valence-corrected chi connectivity index (χ4v) is 2.94. The topological polar surface area (TPSA) is 85.1 Å². The van der Waals surface area contributed by atoms with E-state index in [1.54, 1.807) is 13.0 Å². The first kappa shape index (κ1) is 14.8. The zero-order valence-electron chi connectivity index (χ0n) is 12.2. The normalized spacial score (nSPS) is 15.5. The Labute approximate surface area is 132 Å². The van der Waals surface area contributed by atoms with Gasteiger partial charge in [-0.25, -0.2) is 4.98 Å². The zero-order valence-corrected chi connectivity index (χ0v) is 13.0. The van der Waals surface area contributed by atoms with E-state index >= 15 is 0 Å². The van der Waals surface area contributed by atoms with Gasteiger partial charge in [0.2, 0.25) is 5.91 Å². The number of nitrogens with two attached hydrogens (primary N) is 1. The number of amides is 2. The van der Waals surface area contributed by atoms with Crippen molar-refractivity contribution in [3.63, 3.8) is 0 Å². The van der Waals surface area contributed by atoms with E-state index in [1.165, 1.54) is 11.8 Å². The second kappa shape index (κ2) is 5.96. The molecule has 114 valence electrons. The summed E-state index contributed by atoms with van der Waals surface area (Å²) < 4.78 is 0. The summed E-state index contributed by atoms with van der Waals surface area (Å²) in [4.78, 5) is 28.2. The van der Waals surface area contributed by atoms with Crippen molar-refractivity contribution >= 4 is 34.5 Å². The second-order valence-electron chi connectivity index (χ2n) is 5.44. The van der Waals surface area contributed by atoms with Crippen LogP contribution in [0.25, 0.3) is 10.9 Å². The highest BCUT2D eigenvalue weighted by Gasteiger charge is 2.25. The molecule has 1 saturated carbocycles. The van der Waals surface area contributed by atoms with Gasteiger partial charge in [0.1, 0.15) is 0 Å². The standard InChI is InChI=1S/C16H17N3O2S/c1-9(15(17)20)22-14-8-12(16(21)18-10-6-7-10)11-4-2-3-5-13(11)19-14/h2-5,8-10H,6-7H2,1H3,(H2,17,20)(H,18,21). The number of rotatable bonds is 5. The molecule has 1 aliphatic rings. The van der Waals surface area contributed by atoms with Gasteiger partial charge in [-0.1, -0.05) is 30.0 Å². The number of pyridine rings is 1. The van der Waals surface area contributed by atoms with E-state index in [-0.39, 0.29) is 5.91 Å². The van der Waals surface area contributed by atoms with Gasteiger partial charge in [-0.05, 0) is 31.9 Å². The van der Waals surface area contributed by atoms with Gasteiger partial charge in [0.05, 0.1) is 21.4 Å². The average molecular weight is 315 g/mol. The van der Waals surface area contributed by atoms with Crippen molar-refractivity contribution < 1.29 is 9.59 Å². The first-order valence-corrected chi connectivity index (χ1v) is 8.09. The Kier molecular flexibility index (Phi) is 4.02. The lowest BCUT2D eigenvalue weighted by molar-refractivity contribution is -0.117. The summed E-state index contributed by atoms with van der Waals surface area (Å²) in [5.74, 6) is -0.487. The van der Waals surface area contributed by atoms with E-state index < -0.39 is 11.2 Å². The Morgan fingerprint density at radius 1 is 1.36 bits per heavy atom. The molecule has 2 amide bonds. The van der Waals surface area contributed by atoms with E-state index in [2.05, 4.69) is 10.3 Å². The third-order valence-corrected chi connectivity index (χ3v) is 4.58. The summed E-state index contributed by atoms with van der Waals surface area (Å²) in [5.41, 5.74) is 6.64. The number of carbonyl (C=O) groups excluding carboxylic acids is 2. The van der Waals surface area contributed by atoms with Gasteiger partial charge in [0.25, 0.3) is 5.91 Å². The predicted octanol–water partition coefficient (Wildman–Crippen LogP) is 2.09. The highest BCUT2D eigenvalue weighted by Crippen LogP contribution is 2.28. The summed E-state index contributed by atoms with van der Waals surface area (Å²) in [6.07, 6.45) is 2.07. The molecule has 3 rings (SSSR count). The highest BCUT2D eigenvalue weighted by atomic mass is 32.2. The van der Waals surface area contributed by atoms with Crippen LogP contribution < -0.4 is 11.1 Å². The molecule has 2 aromatic rings. The van der Waals surface area contributed by atoms with E-state index in [1.807, 2.05) is 24.3 Å². The summed E-state index contributed by atoms with van der Waals surface area (Å²) in [5, 5.41) is 4.05. The van der Waals surface area contributed by atoms with E-state index in [0.717, 1.165) is 23.7 Å². The van der Waals surface area contributed by atoms with Gasteiger partial charge in [-0.2, -0.15) is 0 Å². The highest BCUT2D eigenvalue weighted by molar-refractivity contribution is 8.00. The van der Waals surface area contributed by atoms with Crippen LogP contribution in [0.1, 0.15) is 30.1 Å². The maximum atomic E-state index is 12.4. The van der Waals surface area contributed by atoms with Crippen molar-refractivity contribution in [3.8, 4) is 0 Å². The van der Waals surface area contributed by atoms with Crippen LogP contribution in [0.3, 0.4) is 0 Å². The first-order valence-electron chi connectivity index (χ1n) is 7.21. The molecule has 1 atom stereocenters. The zero-order chi connectivity index (χ0) is 15.7. The smallest absolute Gasteiger partial charge is 0.252 e. The van der Waals surface area contributed by atoms with Crippen LogP contribution in [0.5, 0.6) is 0 Å². The number of primary amides is 1. The molecule has 0 aliphatic heterocycles. The SMILES string of the molecule is CC(Sc1cc(C(=O)NC2CC2)c2ccccc2n1)C(N)=O. The van der Waals surface area contributed by atoms with Gasteiger partial charge >= 0.3 is 0 Å². The van der Waals surface area contributed by atoms with E-state index in [0.29, 0.717) is 16.6 Å². The summed E-state index contributed by atoms with van der Waals surface area (Å²) in [6.45, 7) is 1.73. The van der Waals surface area contributed by atoms with Gasteiger partial charge in [-0.3, -0.25) is 9.59 Å². The molecule has 1 heterocycles. The van der Waals surface area contributed by atoms with E-state index in [4.69, 9.17) is 5.73 Å². The lowest BCUT2D eigenvalue weighted by Crippen LogP contribution is -2.26. The number of benzene rings is 1. The lowest BCUT2D eigenvalue weighted by atomic mass is 10.1. The van der Waals surface area contributed by atoms with Crippen LogP contribution in [0.15, 0.2) is 35.4 Å². The minimum Gasteiger partial charge on any atom is -0.369 e. The Hall–Kier alpha value is -2.08. The van der Waals surface area contributed by atoms with E-state index in [9.17, 15) is 9.59 Å². The second-order valence-corrected chi connectivity index (χ2v) is 6.80. The average Bonchev–Trinajstić information content (AvgIpc) is 3.30. The Balaban J connectivity index is 1.99. The van der Waals surface area contributed by atoms with Crippen LogP contribution in [-0.2, 0) is 4.79 Å². The van der Waals surface area contributed by atoms with Crippen LogP contribution in [0.4, 0.5) is 0 Å². The minimum atomic E-state index is -0.399. The fourth-order valence-electron chi connectivity index (χ4n) is 2.13. The molecular weight excluding hydrogens is 298 g/mol. The first-order chi connectivity index (χ1) is 10.5. The third kappa shape index (κ3) is 3.22. The maximum absolute atomic E-state index is 12.4. The van der Waals surface area contributed by atoms with Crippen molar-refractivity contribution in [1.29, 1.82) is 0 Å². The van der Waals surface area contributed by atoms with Crippen LogP contribution in [0, 0.1) is 0 Å². The quantitative estimate of drug-likeness (QED) is 0.827. The van der Waals surface area contributed by atoms with Crippen molar-refractivity contribution in [2.45, 2.75) is 36.1 Å². The molecule has 6 heteroatoms. The maximum Gasteiger partial charge on any atom is 0.252 e. The number of nitrogens with zero attached hydrogens (tertiary/aromatic N) is 1. The van der Waals surface area contributed by atoms with Crippen molar-refractivity contribution in [2.75, 3.05) is 0 Å². The molecule has 1 aliphatic carbocycles. The van der Waals surface area contributed by atoms with Crippen LogP contribution in [0.2, 0.25) is 0 Å². The fraction of sp³-hybridized carbons (Fsp3) is 0.312. The molecule has 3 N–H and O–H groups in total. The number of hydrogen-bond acceptors (Lipinski definition) is 4. The van der Waals surface area contributed by atoms with Gasteiger partial charge in [0, 0.05) is 11.4 Å². The number of thioether (sulfide) groups is 1. The Morgan fingerprint density at radius 2 is 2.09 bits per heavy atom. The monoisotopic (exact) mass is 315 g/mol. The Morgan fingerprint density at radius 3 is 2.77 bits per heavy atom. The molecule has 0 saturated heterocycles. The molecule has 0 bridgehead atoms. The van der Waals surface area contributed by atoms with Gasteiger partial charge in [-0.15, -0.1) is 0 Å². The van der Waals surface area contributed by atoms with Gasteiger partial charge in [0.15, 0.2) is 0 Å². The number of carbonyl (C=O) groups is 2. The van der Waals surface area contributed by atoms with Gasteiger partial charge < -0.3 is 11.1 Å². The number of fused-ring (bicyclic) bond motifs is 1. The largest absolute Gasteiger partial charge is 0.369 e. The summed E-state index contributed by atoms with van der Waals surface area (Å²) in [7, 11) is 0.